The molecule has 2 saturated heterocycles. The molecule has 1 aromatic carbocycles. The number of aliphatic hydroxyl groups is 1. The van der Waals surface area contributed by atoms with Crippen LogP contribution in [0.2, 0.25) is 0 Å². The zero-order chi connectivity index (χ0) is 26.0. The van der Waals surface area contributed by atoms with Crippen LogP contribution in [-0.4, -0.2) is 81.8 Å². The predicted molar refractivity (Wildman–Crippen MR) is 130 cm³/mol. The van der Waals surface area contributed by atoms with E-state index in [0.29, 0.717) is 25.7 Å². The minimum absolute atomic E-state index is 0.156. The van der Waals surface area contributed by atoms with E-state index in [0.717, 1.165) is 5.56 Å². The van der Waals surface area contributed by atoms with E-state index in [2.05, 4.69) is 0 Å². The molecule has 9 heteroatoms. The van der Waals surface area contributed by atoms with Crippen LogP contribution in [0.3, 0.4) is 0 Å². The highest BCUT2D eigenvalue weighted by Crippen LogP contribution is 2.44. The smallest absolute Gasteiger partial charge is 0.411 e. The molecule has 3 amide bonds. The molecule has 0 saturated carbocycles. The molecule has 2 heterocycles. The summed E-state index contributed by atoms with van der Waals surface area (Å²) in [5.41, 5.74) is -0.774. The van der Waals surface area contributed by atoms with Crippen molar-refractivity contribution in [3.8, 4) is 0 Å². The molecule has 0 aromatic heterocycles. The maximum atomic E-state index is 13.3. The molecule has 194 valence electrons. The Kier molecular flexibility index (Phi) is 8.11. The second-order valence-electron chi connectivity index (χ2n) is 10.8. The Balaban J connectivity index is 1.74. The maximum Gasteiger partial charge on any atom is 0.411 e. The molecule has 2 aliphatic rings. The molecule has 2 fully saturated rings. The Morgan fingerprint density at radius 1 is 1.23 bits per heavy atom. The maximum absolute atomic E-state index is 13.3. The summed E-state index contributed by atoms with van der Waals surface area (Å²) in [7, 11) is 3.32. The quantitative estimate of drug-likeness (QED) is 0.564. The topological polar surface area (TPSA) is 99.6 Å². The molecule has 2 unspecified atom stereocenters. The first kappa shape index (κ1) is 26.9. The monoisotopic (exact) mass is 489 g/mol. The van der Waals surface area contributed by atoms with Crippen molar-refractivity contribution in [3.63, 3.8) is 0 Å². The lowest BCUT2D eigenvalue weighted by Gasteiger charge is -2.50. The van der Waals surface area contributed by atoms with Gasteiger partial charge in [-0.25, -0.2) is 9.86 Å². The van der Waals surface area contributed by atoms with Gasteiger partial charge in [-0.15, -0.1) is 0 Å². The van der Waals surface area contributed by atoms with E-state index in [1.807, 2.05) is 30.3 Å². The van der Waals surface area contributed by atoms with Crippen LogP contribution in [0.5, 0.6) is 0 Å². The first-order valence-electron chi connectivity index (χ1n) is 12.3. The molecule has 1 N–H and O–H groups in total. The minimum Gasteiger partial charge on any atom is -0.444 e. The number of hydrogen-bond acceptors (Lipinski definition) is 6. The largest absolute Gasteiger partial charge is 0.444 e. The van der Waals surface area contributed by atoms with E-state index in [9.17, 15) is 19.5 Å². The van der Waals surface area contributed by atoms with Crippen LogP contribution >= 0.6 is 0 Å². The van der Waals surface area contributed by atoms with Gasteiger partial charge in [0.25, 0.3) is 5.91 Å². The van der Waals surface area contributed by atoms with Crippen molar-refractivity contribution in [2.75, 3.05) is 20.6 Å². The van der Waals surface area contributed by atoms with Gasteiger partial charge in [-0.3, -0.25) is 19.3 Å². The summed E-state index contributed by atoms with van der Waals surface area (Å²) in [4.78, 5) is 48.0. The van der Waals surface area contributed by atoms with E-state index < -0.39 is 29.3 Å². The molecule has 0 bridgehead atoms. The number of likely N-dealkylation sites (tertiary alicyclic amines) is 1. The van der Waals surface area contributed by atoms with Gasteiger partial charge in [-0.1, -0.05) is 30.3 Å². The summed E-state index contributed by atoms with van der Waals surface area (Å²) in [5.74, 6) is -0.986. The van der Waals surface area contributed by atoms with Crippen molar-refractivity contribution in [1.82, 2.24) is 14.9 Å². The van der Waals surface area contributed by atoms with Crippen molar-refractivity contribution in [2.45, 2.75) is 83.3 Å². The zero-order valence-corrected chi connectivity index (χ0v) is 21.7. The second kappa shape index (κ2) is 10.5. The fraction of sp³-hybridized carbons (Fsp3) is 0.654. The van der Waals surface area contributed by atoms with Gasteiger partial charge >= 0.3 is 6.09 Å². The summed E-state index contributed by atoms with van der Waals surface area (Å²) in [5, 5.41) is 11.5. The zero-order valence-electron chi connectivity index (χ0n) is 21.7. The molecule has 1 spiro atoms. The Bertz CT molecular complexity index is 913. The number of aliphatic hydroxyl groups excluding tert-OH is 1. The number of carbonyl (C=O) groups is 3. The fourth-order valence-corrected chi connectivity index (χ4v) is 4.90. The van der Waals surface area contributed by atoms with Crippen LogP contribution in [0.25, 0.3) is 0 Å². The van der Waals surface area contributed by atoms with Crippen LogP contribution in [0, 0.1) is 5.92 Å². The molecule has 9 nitrogen and oxygen atoms in total. The van der Waals surface area contributed by atoms with E-state index in [4.69, 9.17) is 9.57 Å². The van der Waals surface area contributed by atoms with Gasteiger partial charge in [0, 0.05) is 20.1 Å². The Hall–Kier alpha value is -2.65. The standard InChI is InChI=1S/C26H39N3O6/c1-18(30)21(22(31)27(5)6)13-12-20-14-15-26(29(20)24(33)35-25(2,3)4)17-28(23(26)32)34-16-19-10-8-7-9-11-19/h7-11,18,20-21,30H,12-17H2,1-6H3/t18-,20?,21+,26?/m1/s1. The van der Waals surface area contributed by atoms with Crippen LogP contribution in [-0.2, 0) is 25.8 Å². The molecule has 0 aliphatic carbocycles. The number of benzene rings is 1. The highest BCUT2D eigenvalue weighted by Gasteiger charge is 2.64. The molecule has 4 atom stereocenters. The van der Waals surface area contributed by atoms with Gasteiger partial charge < -0.3 is 14.7 Å². The van der Waals surface area contributed by atoms with Crippen LogP contribution < -0.4 is 0 Å². The van der Waals surface area contributed by atoms with E-state index in [1.165, 1.54) is 9.96 Å². The predicted octanol–water partition coefficient (Wildman–Crippen LogP) is 2.96. The number of rotatable bonds is 8. The summed E-state index contributed by atoms with van der Waals surface area (Å²) < 4.78 is 5.69. The normalized spacial score (nSPS) is 23.7. The number of amides is 3. The third-order valence-corrected chi connectivity index (χ3v) is 6.72. The molecule has 0 radical (unpaired) electrons. The van der Waals surface area contributed by atoms with E-state index in [-0.39, 0.29) is 31.0 Å². The summed E-state index contributed by atoms with van der Waals surface area (Å²) >= 11 is 0. The van der Waals surface area contributed by atoms with Crippen LogP contribution in [0.15, 0.2) is 30.3 Å². The Labute approximate surface area is 207 Å². The lowest BCUT2D eigenvalue weighted by atomic mass is 9.88. The van der Waals surface area contributed by atoms with Gasteiger partial charge in [-0.2, -0.15) is 0 Å². The van der Waals surface area contributed by atoms with Crippen LogP contribution in [0.1, 0.15) is 58.9 Å². The lowest BCUT2D eigenvalue weighted by Crippen LogP contribution is -2.73. The average molecular weight is 490 g/mol. The number of β-lactam (4-membered cyclic amide) rings is 1. The number of hydrogen-bond donors (Lipinski definition) is 1. The van der Waals surface area contributed by atoms with Crippen molar-refractivity contribution in [1.29, 1.82) is 0 Å². The lowest BCUT2D eigenvalue weighted by molar-refractivity contribution is -0.241. The summed E-state index contributed by atoms with van der Waals surface area (Å²) in [6, 6.07) is 9.30. The van der Waals surface area contributed by atoms with Gasteiger partial charge in [0.1, 0.15) is 17.7 Å². The number of ether oxygens (including phenoxy) is 1. The van der Waals surface area contributed by atoms with Gasteiger partial charge in [0.15, 0.2) is 0 Å². The molecule has 3 rings (SSSR count). The van der Waals surface area contributed by atoms with E-state index in [1.54, 1.807) is 46.7 Å². The molecule has 2 aliphatic heterocycles. The molecular weight excluding hydrogens is 450 g/mol. The summed E-state index contributed by atoms with van der Waals surface area (Å²) in [6.45, 7) is 7.51. The number of hydroxylamine groups is 2. The van der Waals surface area contributed by atoms with Crippen molar-refractivity contribution in [2.24, 2.45) is 5.92 Å². The van der Waals surface area contributed by atoms with E-state index >= 15 is 0 Å². The Morgan fingerprint density at radius 3 is 2.43 bits per heavy atom. The highest BCUT2D eigenvalue weighted by atomic mass is 16.7. The molecule has 35 heavy (non-hydrogen) atoms. The summed E-state index contributed by atoms with van der Waals surface area (Å²) in [6.07, 6.45) is 0.638. The first-order chi connectivity index (χ1) is 16.4. The van der Waals surface area contributed by atoms with Gasteiger partial charge in [0.2, 0.25) is 5.91 Å². The first-order valence-corrected chi connectivity index (χ1v) is 12.3. The fourth-order valence-electron chi connectivity index (χ4n) is 4.90. The number of nitrogens with zero attached hydrogens (tertiary/aromatic N) is 3. The van der Waals surface area contributed by atoms with Crippen molar-refractivity contribution < 1.29 is 29.1 Å². The van der Waals surface area contributed by atoms with Crippen molar-refractivity contribution >= 4 is 17.9 Å². The van der Waals surface area contributed by atoms with Crippen molar-refractivity contribution in [3.05, 3.63) is 35.9 Å². The number of carbonyl (C=O) groups excluding carboxylic acids is 3. The Morgan fingerprint density at radius 2 is 1.89 bits per heavy atom. The third kappa shape index (κ3) is 5.95. The van der Waals surface area contributed by atoms with Crippen LogP contribution in [0.4, 0.5) is 4.79 Å². The second-order valence-corrected chi connectivity index (χ2v) is 10.8. The highest BCUT2D eigenvalue weighted by molar-refractivity contribution is 5.95. The SMILES string of the molecule is C[C@@H](O)[C@H](CCC1CCC2(CN(OCc3ccccc3)C2=O)N1C(=O)OC(C)(C)C)C(=O)N(C)C. The molecule has 1 aromatic rings. The van der Waals surface area contributed by atoms with Gasteiger partial charge in [-0.05, 0) is 58.9 Å². The average Bonchev–Trinajstić information content (AvgIpc) is 3.17. The third-order valence-electron chi connectivity index (χ3n) is 6.72. The molecular formula is C26H39N3O6. The van der Waals surface area contributed by atoms with Gasteiger partial charge in [0.05, 0.1) is 18.6 Å². The minimum atomic E-state index is -1.00.